The van der Waals surface area contributed by atoms with Gasteiger partial charge in [0.1, 0.15) is 6.20 Å². The van der Waals surface area contributed by atoms with Gasteiger partial charge in [0.05, 0.1) is 10.6 Å². The molecule has 0 bridgehead atoms. The summed E-state index contributed by atoms with van der Waals surface area (Å²) in [5.41, 5.74) is 2.84. The molecule has 0 radical (unpaired) electrons. The second-order valence-corrected chi connectivity index (χ2v) is 4.05. The van der Waals surface area contributed by atoms with E-state index in [1.807, 2.05) is 24.3 Å². The van der Waals surface area contributed by atoms with Gasteiger partial charge in [-0.05, 0) is 17.7 Å². The quantitative estimate of drug-likeness (QED) is 0.494. The van der Waals surface area contributed by atoms with Crippen LogP contribution < -0.4 is 0 Å². The fraction of sp³-hybridized carbons (Fsp3) is 0.0833. The molecule has 0 saturated heterocycles. The van der Waals surface area contributed by atoms with Gasteiger partial charge < -0.3 is 0 Å². The summed E-state index contributed by atoms with van der Waals surface area (Å²) in [6.45, 7) is 0. The van der Waals surface area contributed by atoms with E-state index in [2.05, 4.69) is 20.9 Å². The first-order chi connectivity index (χ1) is 8.20. The predicted octanol–water partition coefficient (Wildman–Crippen LogP) is 3.55. The molecule has 0 amide bonds. The van der Waals surface area contributed by atoms with E-state index in [1.54, 1.807) is 6.07 Å². The molecule has 0 fully saturated rings. The lowest BCUT2D eigenvalue weighted by molar-refractivity contribution is -0.385. The first-order valence-corrected chi connectivity index (χ1v) is 6.08. The van der Waals surface area contributed by atoms with Gasteiger partial charge in [0.2, 0.25) is 0 Å². The molecule has 0 aliphatic heterocycles. The van der Waals surface area contributed by atoms with Crippen LogP contribution in [-0.2, 0) is 5.33 Å². The second kappa shape index (κ2) is 5.05. The van der Waals surface area contributed by atoms with E-state index in [-0.39, 0.29) is 5.69 Å². The Morgan fingerprint density at radius 1 is 1.29 bits per heavy atom. The van der Waals surface area contributed by atoms with Crippen molar-refractivity contribution in [2.75, 3.05) is 0 Å². The summed E-state index contributed by atoms with van der Waals surface area (Å²) < 4.78 is 0. The normalized spacial score (nSPS) is 10.2. The number of pyridine rings is 1. The molecule has 4 nitrogen and oxygen atoms in total. The van der Waals surface area contributed by atoms with Crippen LogP contribution in [0.15, 0.2) is 42.6 Å². The van der Waals surface area contributed by atoms with E-state index in [1.165, 1.54) is 12.3 Å². The third-order valence-corrected chi connectivity index (χ3v) is 2.98. The Kier molecular flexibility index (Phi) is 3.49. The Balaban J connectivity index is 2.36. The fourth-order valence-electron chi connectivity index (χ4n) is 1.48. The molecule has 0 N–H and O–H groups in total. The van der Waals surface area contributed by atoms with Crippen molar-refractivity contribution in [1.82, 2.24) is 4.98 Å². The van der Waals surface area contributed by atoms with Crippen molar-refractivity contribution in [2.24, 2.45) is 0 Å². The molecule has 0 aliphatic rings. The lowest BCUT2D eigenvalue weighted by Gasteiger charge is -2.02. The standard InChI is InChI=1S/C12H9BrN2O2/c13-7-9-2-1-3-10(6-9)12-5-4-11(8-14-12)15(16)17/h1-6,8H,7H2. The molecule has 0 saturated carbocycles. The number of alkyl halides is 1. The maximum Gasteiger partial charge on any atom is 0.287 e. The van der Waals surface area contributed by atoms with Crippen molar-refractivity contribution in [3.63, 3.8) is 0 Å². The topological polar surface area (TPSA) is 56.0 Å². The van der Waals surface area contributed by atoms with Gasteiger partial charge in [-0.2, -0.15) is 0 Å². The average molecular weight is 293 g/mol. The van der Waals surface area contributed by atoms with Gasteiger partial charge in [-0.3, -0.25) is 10.1 Å². The molecule has 2 rings (SSSR count). The molecule has 86 valence electrons. The zero-order chi connectivity index (χ0) is 12.3. The van der Waals surface area contributed by atoms with E-state index in [0.29, 0.717) is 0 Å². The molecule has 0 unspecified atom stereocenters. The van der Waals surface area contributed by atoms with Crippen LogP contribution in [0.4, 0.5) is 5.69 Å². The third-order valence-electron chi connectivity index (χ3n) is 2.34. The van der Waals surface area contributed by atoms with Gasteiger partial charge in [0.15, 0.2) is 0 Å². The average Bonchev–Trinajstić information content (AvgIpc) is 2.39. The van der Waals surface area contributed by atoms with Gasteiger partial charge in [0.25, 0.3) is 5.69 Å². The number of hydrogen-bond donors (Lipinski definition) is 0. The highest BCUT2D eigenvalue weighted by molar-refractivity contribution is 9.08. The van der Waals surface area contributed by atoms with Gasteiger partial charge in [0, 0.05) is 17.0 Å². The van der Waals surface area contributed by atoms with Gasteiger partial charge >= 0.3 is 0 Å². The minimum atomic E-state index is -0.453. The lowest BCUT2D eigenvalue weighted by atomic mass is 10.1. The largest absolute Gasteiger partial charge is 0.287 e. The predicted molar refractivity (Wildman–Crippen MR) is 69.0 cm³/mol. The van der Waals surface area contributed by atoms with Crippen LogP contribution in [0.1, 0.15) is 5.56 Å². The van der Waals surface area contributed by atoms with Gasteiger partial charge in [-0.1, -0.05) is 34.1 Å². The van der Waals surface area contributed by atoms with Crippen LogP contribution in [0.2, 0.25) is 0 Å². The highest BCUT2D eigenvalue weighted by atomic mass is 79.9. The van der Waals surface area contributed by atoms with Crippen molar-refractivity contribution in [3.05, 3.63) is 58.3 Å². The highest BCUT2D eigenvalue weighted by Crippen LogP contribution is 2.21. The van der Waals surface area contributed by atoms with E-state index in [9.17, 15) is 10.1 Å². The van der Waals surface area contributed by atoms with E-state index >= 15 is 0 Å². The molecule has 5 heteroatoms. The molecular weight excluding hydrogens is 284 g/mol. The van der Waals surface area contributed by atoms with Crippen molar-refractivity contribution < 1.29 is 4.92 Å². The first-order valence-electron chi connectivity index (χ1n) is 4.96. The van der Waals surface area contributed by atoms with Crippen LogP contribution in [0, 0.1) is 10.1 Å². The van der Waals surface area contributed by atoms with E-state index in [0.717, 1.165) is 22.2 Å². The molecule has 1 aromatic carbocycles. The summed E-state index contributed by atoms with van der Waals surface area (Å²) in [4.78, 5) is 14.1. The van der Waals surface area contributed by atoms with Crippen molar-refractivity contribution in [3.8, 4) is 11.3 Å². The molecule has 2 aromatic rings. The van der Waals surface area contributed by atoms with Gasteiger partial charge in [-0.25, -0.2) is 4.98 Å². The summed E-state index contributed by atoms with van der Waals surface area (Å²) in [5.74, 6) is 0. The van der Waals surface area contributed by atoms with Crippen molar-refractivity contribution >= 4 is 21.6 Å². The molecule has 0 aliphatic carbocycles. The maximum atomic E-state index is 10.5. The van der Waals surface area contributed by atoms with Crippen molar-refractivity contribution in [1.29, 1.82) is 0 Å². The van der Waals surface area contributed by atoms with Crippen LogP contribution in [0.25, 0.3) is 11.3 Å². The Hall–Kier alpha value is -1.75. The Bertz CT molecular complexity index is 540. The van der Waals surface area contributed by atoms with E-state index < -0.39 is 4.92 Å². The molecule has 0 spiro atoms. The zero-order valence-electron chi connectivity index (χ0n) is 8.84. The third kappa shape index (κ3) is 2.68. The summed E-state index contributed by atoms with van der Waals surface area (Å²) in [7, 11) is 0. The van der Waals surface area contributed by atoms with Crippen LogP contribution in [-0.4, -0.2) is 9.91 Å². The first kappa shape index (κ1) is 11.7. The Labute approximate surface area is 107 Å². The molecule has 0 atom stereocenters. The van der Waals surface area contributed by atoms with Crippen LogP contribution in [0.5, 0.6) is 0 Å². The van der Waals surface area contributed by atoms with Crippen LogP contribution >= 0.6 is 15.9 Å². The minimum absolute atomic E-state index is 0.00500. The number of rotatable bonds is 3. The number of halogens is 1. The minimum Gasteiger partial charge on any atom is -0.258 e. The summed E-state index contributed by atoms with van der Waals surface area (Å²) in [5, 5.41) is 11.3. The smallest absolute Gasteiger partial charge is 0.258 e. The number of nitro groups is 1. The maximum absolute atomic E-state index is 10.5. The van der Waals surface area contributed by atoms with Crippen molar-refractivity contribution in [2.45, 2.75) is 5.33 Å². The monoisotopic (exact) mass is 292 g/mol. The SMILES string of the molecule is O=[N+]([O-])c1ccc(-c2cccc(CBr)c2)nc1. The molecular formula is C12H9BrN2O2. The number of benzene rings is 1. The molecule has 17 heavy (non-hydrogen) atoms. The Morgan fingerprint density at radius 3 is 2.71 bits per heavy atom. The van der Waals surface area contributed by atoms with Crippen LogP contribution in [0.3, 0.4) is 0 Å². The number of hydrogen-bond acceptors (Lipinski definition) is 3. The highest BCUT2D eigenvalue weighted by Gasteiger charge is 2.06. The summed E-state index contributed by atoms with van der Waals surface area (Å²) >= 11 is 3.39. The zero-order valence-corrected chi connectivity index (χ0v) is 10.4. The number of aromatic nitrogens is 1. The molecule has 1 heterocycles. The summed E-state index contributed by atoms with van der Waals surface area (Å²) in [6, 6.07) is 11.0. The molecule has 1 aromatic heterocycles. The second-order valence-electron chi connectivity index (χ2n) is 3.49. The fourth-order valence-corrected chi connectivity index (χ4v) is 1.83. The lowest BCUT2D eigenvalue weighted by Crippen LogP contribution is -1.90. The van der Waals surface area contributed by atoms with E-state index in [4.69, 9.17) is 0 Å². The Morgan fingerprint density at radius 2 is 2.12 bits per heavy atom. The number of nitrogens with zero attached hydrogens (tertiary/aromatic N) is 2. The van der Waals surface area contributed by atoms with Gasteiger partial charge in [-0.15, -0.1) is 0 Å². The summed E-state index contributed by atoms with van der Waals surface area (Å²) in [6.07, 6.45) is 1.27.